The van der Waals surface area contributed by atoms with E-state index in [4.69, 9.17) is 4.74 Å². The maximum atomic E-state index is 12.7. The highest BCUT2D eigenvalue weighted by molar-refractivity contribution is 5.91. The highest BCUT2D eigenvalue weighted by Crippen LogP contribution is 2.52. The van der Waals surface area contributed by atoms with E-state index in [1.165, 1.54) is 0 Å². The van der Waals surface area contributed by atoms with E-state index < -0.39 is 5.97 Å². The Morgan fingerprint density at radius 2 is 1.81 bits per heavy atom. The topological polar surface area (TPSA) is 49.9 Å². The Labute approximate surface area is 156 Å². The first-order valence-electron chi connectivity index (χ1n) is 9.33. The normalized spacial score (nSPS) is 26.5. The Morgan fingerprint density at radius 3 is 2.42 bits per heavy atom. The summed E-state index contributed by atoms with van der Waals surface area (Å²) >= 11 is 0. The molecule has 2 bridgehead atoms. The molecule has 1 saturated carbocycles. The Morgan fingerprint density at radius 1 is 1.15 bits per heavy atom. The monoisotopic (exact) mass is 358 g/mol. The second-order valence-electron chi connectivity index (χ2n) is 9.25. The van der Waals surface area contributed by atoms with E-state index in [1.807, 2.05) is 36.0 Å². The van der Waals surface area contributed by atoms with Crippen molar-refractivity contribution < 1.29 is 14.3 Å². The van der Waals surface area contributed by atoms with Crippen molar-refractivity contribution in [3.05, 3.63) is 29.8 Å². The van der Waals surface area contributed by atoms with Gasteiger partial charge in [-0.25, -0.2) is 4.79 Å². The van der Waals surface area contributed by atoms with Gasteiger partial charge in [-0.1, -0.05) is 20.8 Å². The number of rotatable bonds is 4. The molecule has 0 N–H and O–H groups in total. The molecular formula is C21H30N2O3. The quantitative estimate of drug-likeness (QED) is 0.775. The second-order valence-corrected chi connectivity index (χ2v) is 9.25. The van der Waals surface area contributed by atoms with Crippen LogP contribution in [-0.4, -0.2) is 50.1 Å². The van der Waals surface area contributed by atoms with Gasteiger partial charge in [-0.3, -0.25) is 4.79 Å². The number of nitrogens with zero attached hydrogens (tertiary/aromatic N) is 2. The van der Waals surface area contributed by atoms with Gasteiger partial charge in [0.15, 0.2) is 6.61 Å². The van der Waals surface area contributed by atoms with E-state index in [1.54, 1.807) is 12.1 Å². The van der Waals surface area contributed by atoms with Crippen LogP contribution in [0.5, 0.6) is 0 Å². The predicted octanol–water partition coefficient (Wildman–Crippen LogP) is 3.34. The molecule has 0 radical (unpaired) electrons. The molecule has 1 heterocycles. The third-order valence-corrected chi connectivity index (χ3v) is 5.68. The van der Waals surface area contributed by atoms with Crippen LogP contribution >= 0.6 is 0 Å². The highest BCUT2D eigenvalue weighted by Gasteiger charge is 2.50. The third-order valence-electron chi connectivity index (χ3n) is 5.68. The van der Waals surface area contributed by atoms with E-state index in [9.17, 15) is 9.59 Å². The zero-order chi connectivity index (χ0) is 19.1. The maximum absolute atomic E-state index is 12.7. The Balaban J connectivity index is 1.58. The molecule has 1 aromatic rings. The molecule has 2 atom stereocenters. The summed E-state index contributed by atoms with van der Waals surface area (Å²) in [6, 6.07) is 7.47. The molecule has 1 aliphatic carbocycles. The van der Waals surface area contributed by atoms with Gasteiger partial charge in [0.1, 0.15) is 0 Å². The average Bonchev–Trinajstić information content (AvgIpc) is 2.81. The molecule has 1 aliphatic heterocycles. The fourth-order valence-electron chi connectivity index (χ4n) is 4.94. The summed E-state index contributed by atoms with van der Waals surface area (Å²) in [7, 11) is 3.89. The van der Waals surface area contributed by atoms with Crippen LogP contribution in [0.4, 0.5) is 5.69 Å². The van der Waals surface area contributed by atoms with Gasteiger partial charge >= 0.3 is 5.97 Å². The van der Waals surface area contributed by atoms with Crippen molar-refractivity contribution in [3.63, 3.8) is 0 Å². The number of hydrogen-bond acceptors (Lipinski definition) is 4. The Hall–Kier alpha value is -2.04. The van der Waals surface area contributed by atoms with E-state index in [-0.39, 0.29) is 29.4 Å². The first kappa shape index (κ1) is 18.7. The van der Waals surface area contributed by atoms with Crippen LogP contribution in [0.15, 0.2) is 24.3 Å². The standard InChI is InChI=1S/C21H30N2O3/c1-20(2)10-17-11-21(3,13-20)14-23(17)18(24)12-26-19(25)15-6-8-16(9-7-15)22(4)5/h6-9,17H,10-14H2,1-5H3/t17-,21-/m0/s1. The average molecular weight is 358 g/mol. The van der Waals surface area contributed by atoms with Gasteiger partial charge in [-0.05, 0) is 54.4 Å². The van der Waals surface area contributed by atoms with Crippen LogP contribution in [0.3, 0.4) is 0 Å². The lowest BCUT2D eigenvalue weighted by Crippen LogP contribution is -2.39. The molecule has 0 spiro atoms. The van der Waals surface area contributed by atoms with E-state index in [0.717, 1.165) is 31.5 Å². The number of carbonyl (C=O) groups is 2. The Kier molecular flexibility index (Phi) is 4.76. The summed E-state index contributed by atoms with van der Waals surface area (Å²) in [6.07, 6.45) is 3.22. The van der Waals surface area contributed by atoms with Crippen LogP contribution in [0.2, 0.25) is 0 Å². The smallest absolute Gasteiger partial charge is 0.338 e. The van der Waals surface area contributed by atoms with Gasteiger partial charge in [0.25, 0.3) is 5.91 Å². The molecule has 1 aromatic carbocycles. The molecule has 1 amide bonds. The van der Waals surface area contributed by atoms with Crippen molar-refractivity contribution in [1.82, 2.24) is 4.90 Å². The summed E-state index contributed by atoms with van der Waals surface area (Å²) in [4.78, 5) is 28.8. The van der Waals surface area contributed by atoms with Crippen LogP contribution in [0.1, 0.15) is 50.4 Å². The third kappa shape index (κ3) is 3.87. The van der Waals surface area contributed by atoms with Crippen molar-refractivity contribution in [2.75, 3.05) is 32.1 Å². The number of likely N-dealkylation sites (tertiary alicyclic amines) is 1. The molecule has 1 saturated heterocycles. The van der Waals surface area contributed by atoms with Gasteiger partial charge in [0.05, 0.1) is 5.56 Å². The number of anilines is 1. The van der Waals surface area contributed by atoms with Crippen LogP contribution in [-0.2, 0) is 9.53 Å². The first-order chi connectivity index (χ1) is 12.1. The summed E-state index contributed by atoms with van der Waals surface area (Å²) < 4.78 is 5.29. The lowest BCUT2D eigenvalue weighted by molar-refractivity contribution is -0.135. The number of benzene rings is 1. The number of hydrogen-bond donors (Lipinski definition) is 0. The minimum Gasteiger partial charge on any atom is -0.452 e. The summed E-state index contributed by atoms with van der Waals surface area (Å²) in [5, 5.41) is 0. The molecule has 26 heavy (non-hydrogen) atoms. The second kappa shape index (κ2) is 6.60. The first-order valence-corrected chi connectivity index (χ1v) is 9.33. The number of fused-ring (bicyclic) bond motifs is 2. The molecule has 0 aromatic heterocycles. The van der Waals surface area contributed by atoms with Gasteiger partial charge in [0.2, 0.25) is 0 Å². The molecule has 2 fully saturated rings. The molecule has 0 unspecified atom stereocenters. The fraction of sp³-hybridized carbons (Fsp3) is 0.619. The summed E-state index contributed by atoms with van der Waals surface area (Å²) in [6.45, 7) is 7.42. The molecular weight excluding hydrogens is 328 g/mol. The fourth-order valence-corrected chi connectivity index (χ4v) is 4.94. The van der Waals surface area contributed by atoms with Gasteiger partial charge < -0.3 is 14.5 Å². The van der Waals surface area contributed by atoms with Gasteiger partial charge in [-0.15, -0.1) is 0 Å². The lowest BCUT2D eigenvalue weighted by Gasteiger charge is -2.39. The molecule has 142 valence electrons. The maximum Gasteiger partial charge on any atom is 0.338 e. The van der Waals surface area contributed by atoms with Crippen molar-refractivity contribution in [1.29, 1.82) is 0 Å². The molecule has 2 aliphatic rings. The predicted molar refractivity (Wildman–Crippen MR) is 102 cm³/mol. The van der Waals surface area contributed by atoms with Gasteiger partial charge in [0, 0.05) is 32.4 Å². The number of esters is 1. The van der Waals surface area contributed by atoms with Gasteiger partial charge in [-0.2, -0.15) is 0 Å². The highest BCUT2D eigenvalue weighted by atomic mass is 16.5. The van der Waals surface area contributed by atoms with Crippen LogP contribution in [0.25, 0.3) is 0 Å². The minimum absolute atomic E-state index is 0.0744. The van der Waals surface area contributed by atoms with E-state index >= 15 is 0 Å². The molecule has 5 nitrogen and oxygen atoms in total. The Bertz CT molecular complexity index is 696. The van der Waals surface area contributed by atoms with Crippen molar-refractivity contribution >= 4 is 17.6 Å². The minimum atomic E-state index is -0.447. The zero-order valence-electron chi connectivity index (χ0n) is 16.5. The summed E-state index contributed by atoms with van der Waals surface area (Å²) in [5.41, 5.74) is 1.93. The van der Waals surface area contributed by atoms with Crippen molar-refractivity contribution in [2.24, 2.45) is 10.8 Å². The van der Waals surface area contributed by atoms with Crippen LogP contribution < -0.4 is 4.90 Å². The number of carbonyl (C=O) groups excluding carboxylic acids is 2. The van der Waals surface area contributed by atoms with Crippen LogP contribution in [0, 0.1) is 10.8 Å². The van der Waals surface area contributed by atoms with E-state index in [0.29, 0.717) is 5.56 Å². The van der Waals surface area contributed by atoms with E-state index in [2.05, 4.69) is 20.8 Å². The number of amides is 1. The zero-order valence-corrected chi connectivity index (χ0v) is 16.5. The van der Waals surface area contributed by atoms with Crippen molar-refractivity contribution in [3.8, 4) is 0 Å². The van der Waals surface area contributed by atoms with Crippen molar-refractivity contribution in [2.45, 2.75) is 46.1 Å². The lowest BCUT2D eigenvalue weighted by atomic mass is 9.65. The molecule has 3 rings (SSSR count). The largest absolute Gasteiger partial charge is 0.452 e. The number of ether oxygens (including phenoxy) is 1. The summed E-state index contributed by atoms with van der Waals surface area (Å²) in [5.74, 6) is -0.521. The molecule has 5 heteroatoms. The SMILES string of the molecule is CN(C)c1ccc(C(=O)OCC(=O)N2C[C@@]3(C)C[C@@H]2CC(C)(C)C3)cc1.